The van der Waals surface area contributed by atoms with E-state index in [4.69, 9.17) is 5.73 Å². The molecule has 144 valence electrons. The van der Waals surface area contributed by atoms with Gasteiger partial charge in [0.05, 0.1) is 16.6 Å². The fourth-order valence-corrected chi connectivity index (χ4v) is 4.12. The van der Waals surface area contributed by atoms with Gasteiger partial charge in [0.1, 0.15) is 11.4 Å². The fourth-order valence-electron chi connectivity index (χ4n) is 4.12. The summed E-state index contributed by atoms with van der Waals surface area (Å²) in [6, 6.07) is 1.92. The van der Waals surface area contributed by atoms with Crippen molar-refractivity contribution in [2.24, 2.45) is 11.7 Å². The van der Waals surface area contributed by atoms with Crippen LogP contribution in [0.4, 0.5) is 10.1 Å². The number of rotatable bonds is 4. The van der Waals surface area contributed by atoms with Gasteiger partial charge in [0.15, 0.2) is 0 Å². The second-order valence-electron chi connectivity index (χ2n) is 7.90. The van der Waals surface area contributed by atoms with Crippen molar-refractivity contribution in [3.05, 3.63) is 39.4 Å². The number of halogens is 1. The van der Waals surface area contributed by atoms with Crippen LogP contribution in [0.15, 0.2) is 17.1 Å². The maximum absolute atomic E-state index is 15.2. The smallest absolute Gasteiger partial charge is 0.341 e. The van der Waals surface area contributed by atoms with Crippen LogP contribution in [0.3, 0.4) is 0 Å². The van der Waals surface area contributed by atoms with Gasteiger partial charge in [-0.1, -0.05) is 0 Å². The molecule has 1 saturated carbocycles. The zero-order valence-corrected chi connectivity index (χ0v) is 15.5. The Morgan fingerprint density at radius 2 is 2.07 bits per heavy atom. The van der Waals surface area contributed by atoms with E-state index in [1.54, 1.807) is 13.0 Å². The number of hydrogen-bond donors (Lipinski definition) is 2. The van der Waals surface area contributed by atoms with Gasteiger partial charge in [0.25, 0.3) is 0 Å². The SMILES string of the molecule is Cc1c(F)c(N2CC[C@@H]([C@@H](C)N)C2)cc2c1c(=O)c(C(=O)O)cn2C1CC1. The van der Waals surface area contributed by atoms with Gasteiger partial charge < -0.3 is 20.3 Å². The van der Waals surface area contributed by atoms with Crippen molar-refractivity contribution < 1.29 is 14.3 Å². The lowest BCUT2D eigenvalue weighted by atomic mass is 10.0. The topological polar surface area (TPSA) is 88.6 Å². The number of aromatic carboxylic acids is 1. The Hall–Kier alpha value is -2.41. The lowest BCUT2D eigenvalue weighted by Gasteiger charge is -2.23. The van der Waals surface area contributed by atoms with Gasteiger partial charge >= 0.3 is 5.97 Å². The summed E-state index contributed by atoms with van der Waals surface area (Å²) < 4.78 is 17.0. The van der Waals surface area contributed by atoms with E-state index in [1.807, 2.05) is 16.4 Å². The number of pyridine rings is 1. The van der Waals surface area contributed by atoms with Gasteiger partial charge in [-0.3, -0.25) is 4.79 Å². The molecule has 2 heterocycles. The number of nitrogens with two attached hydrogens (primary N) is 1. The first-order valence-electron chi connectivity index (χ1n) is 9.41. The Balaban J connectivity index is 1.93. The van der Waals surface area contributed by atoms with Crippen molar-refractivity contribution in [3.63, 3.8) is 0 Å². The van der Waals surface area contributed by atoms with Crippen LogP contribution in [0.2, 0.25) is 0 Å². The number of aryl methyl sites for hydroxylation is 1. The number of aromatic nitrogens is 1. The van der Waals surface area contributed by atoms with E-state index >= 15 is 4.39 Å². The number of hydrogen-bond acceptors (Lipinski definition) is 4. The molecule has 4 rings (SSSR count). The number of carbonyl (C=O) groups is 1. The highest BCUT2D eigenvalue weighted by Gasteiger charge is 2.31. The molecule has 0 radical (unpaired) electrons. The van der Waals surface area contributed by atoms with E-state index in [0.717, 1.165) is 25.8 Å². The van der Waals surface area contributed by atoms with Crippen LogP contribution in [0.5, 0.6) is 0 Å². The van der Waals surface area contributed by atoms with Gasteiger partial charge in [0, 0.05) is 36.9 Å². The quantitative estimate of drug-likeness (QED) is 0.860. The van der Waals surface area contributed by atoms with Crippen LogP contribution < -0.4 is 16.1 Å². The highest BCUT2D eigenvalue weighted by Crippen LogP contribution is 2.39. The van der Waals surface area contributed by atoms with Crippen molar-refractivity contribution in [1.82, 2.24) is 4.57 Å². The second kappa shape index (κ2) is 6.34. The van der Waals surface area contributed by atoms with Gasteiger partial charge in [-0.15, -0.1) is 0 Å². The first-order valence-corrected chi connectivity index (χ1v) is 9.41. The summed E-state index contributed by atoms with van der Waals surface area (Å²) in [7, 11) is 0. The summed E-state index contributed by atoms with van der Waals surface area (Å²) in [6.45, 7) is 4.92. The summed E-state index contributed by atoms with van der Waals surface area (Å²) in [5, 5.41) is 9.57. The third-order valence-electron chi connectivity index (χ3n) is 5.96. The zero-order valence-electron chi connectivity index (χ0n) is 15.5. The Kier molecular flexibility index (Phi) is 4.22. The molecule has 7 heteroatoms. The predicted molar refractivity (Wildman–Crippen MR) is 102 cm³/mol. The van der Waals surface area contributed by atoms with Crippen molar-refractivity contribution in [2.75, 3.05) is 18.0 Å². The first-order chi connectivity index (χ1) is 12.8. The fraction of sp³-hybridized carbons (Fsp3) is 0.500. The minimum absolute atomic E-state index is 0.0439. The molecular formula is C20H24FN3O3. The second-order valence-corrected chi connectivity index (χ2v) is 7.90. The van der Waals surface area contributed by atoms with Crippen LogP contribution in [-0.2, 0) is 0 Å². The molecule has 0 bridgehead atoms. The van der Waals surface area contributed by atoms with Crippen molar-refractivity contribution >= 4 is 22.6 Å². The number of carboxylic acid groups (broad SMARTS) is 1. The first kappa shape index (κ1) is 18.0. The Morgan fingerprint density at radius 1 is 1.37 bits per heavy atom. The van der Waals surface area contributed by atoms with Crippen LogP contribution >= 0.6 is 0 Å². The third kappa shape index (κ3) is 2.90. The molecular weight excluding hydrogens is 349 g/mol. The van der Waals surface area contributed by atoms with Gasteiger partial charge in [-0.25, -0.2) is 9.18 Å². The summed E-state index contributed by atoms with van der Waals surface area (Å²) in [5.41, 5.74) is 6.40. The van der Waals surface area contributed by atoms with Crippen molar-refractivity contribution in [3.8, 4) is 0 Å². The monoisotopic (exact) mass is 373 g/mol. The largest absolute Gasteiger partial charge is 0.477 e. The molecule has 2 aliphatic rings. The molecule has 27 heavy (non-hydrogen) atoms. The molecule has 1 aliphatic heterocycles. The molecule has 3 N–H and O–H groups in total. The average molecular weight is 373 g/mol. The molecule has 0 spiro atoms. The standard InChI is InChI=1S/C20H24FN3O3/c1-10-17-15(24(13-3-4-13)9-14(19(17)25)20(26)27)7-16(18(10)21)23-6-5-12(8-23)11(2)22/h7,9,11-13H,3-6,8,22H2,1-2H3,(H,26,27)/t11-,12-/m1/s1. The highest BCUT2D eigenvalue weighted by molar-refractivity contribution is 5.95. The molecule has 2 fully saturated rings. The van der Waals surface area contributed by atoms with Crippen molar-refractivity contribution in [1.29, 1.82) is 0 Å². The Labute approximate surface area is 156 Å². The van der Waals surface area contributed by atoms with E-state index < -0.39 is 17.2 Å². The van der Waals surface area contributed by atoms with Crippen LogP contribution in [0.1, 0.15) is 48.1 Å². The van der Waals surface area contributed by atoms with E-state index in [2.05, 4.69) is 0 Å². The van der Waals surface area contributed by atoms with E-state index in [-0.39, 0.29) is 28.6 Å². The molecule has 0 unspecified atom stereocenters. The lowest BCUT2D eigenvalue weighted by Crippen LogP contribution is -2.30. The zero-order chi connectivity index (χ0) is 19.5. The lowest BCUT2D eigenvalue weighted by molar-refractivity contribution is 0.0695. The number of benzene rings is 1. The molecule has 1 saturated heterocycles. The van der Waals surface area contributed by atoms with E-state index in [0.29, 0.717) is 23.7 Å². The Bertz CT molecular complexity index is 994. The van der Waals surface area contributed by atoms with Gasteiger partial charge in [0.2, 0.25) is 5.43 Å². The summed E-state index contributed by atoms with van der Waals surface area (Å²) in [4.78, 5) is 26.2. The van der Waals surface area contributed by atoms with Crippen LogP contribution in [0, 0.1) is 18.7 Å². The maximum Gasteiger partial charge on any atom is 0.341 e. The van der Waals surface area contributed by atoms with Gasteiger partial charge in [-0.2, -0.15) is 0 Å². The normalized spacial score (nSPS) is 21.0. The summed E-state index contributed by atoms with van der Waals surface area (Å²) in [6.07, 6.45) is 4.18. The molecule has 1 aromatic heterocycles. The van der Waals surface area contributed by atoms with Crippen LogP contribution in [0.25, 0.3) is 10.9 Å². The van der Waals surface area contributed by atoms with Crippen LogP contribution in [-0.4, -0.2) is 34.8 Å². The highest BCUT2D eigenvalue weighted by atomic mass is 19.1. The average Bonchev–Trinajstić information content (AvgIpc) is 3.33. The molecule has 6 nitrogen and oxygen atoms in total. The third-order valence-corrected chi connectivity index (χ3v) is 5.96. The minimum atomic E-state index is -1.28. The van der Waals surface area contributed by atoms with Crippen molar-refractivity contribution in [2.45, 2.75) is 45.2 Å². The summed E-state index contributed by atoms with van der Waals surface area (Å²) in [5.74, 6) is -1.42. The molecule has 2 atom stereocenters. The maximum atomic E-state index is 15.2. The molecule has 2 aromatic rings. The summed E-state index contributed by atoms with van der Waals surface area (Å²) >= 11 is 0. The molecule has 0 amide bonds. The Morgan fingerprint density at radius 3 is 2.63 bits per heavy atom. The number of anilines is 1. The molecule has 1 aliphatic carbocycles. The number of nitrogens with zero attached hydrogens (tertiary/aromatic N) is 2. The van der Waals surface area contributed by atoms with Gasteiger partial charge in [-0.05, 0) is 45.1 Å². The van der Waals surface area contributed by atoms with E-state index in [9.17, 15) is 14.7 Å². The number of carboxylic acids is 1. The predicted octanol–water partition coefficient (Wildman–Crippen LogP) is 2.66. The molecule has 1 aromatic carbocycles. The minimum Gasteiger partial charge on any atom is -0.477 e. The number of fused-ring (bicyclic) bond motifs is 1. The van der Waals surface area contributed by atoms with E-state index in [1.165, 1.54) is 6.20 Å².